The first-order valence-electron chi connectivity index (χ1n) is 6.22. The van der Waals surface area contributed by atoms with E-state index in [1.165, 1.54) is 5.56 Å². The van der Waals surface area contributed by atoms with E-state index in [2.05, 4.69) is 22.0 Å². The van der Waals surface area contributed by atoms with Crippen LogP contribution >= 0.6 is 0 Å². The molecule has 0 saturated carbocycles. The minimum Gasteiger partial charge on any atom is -0.497 e. The van der Waals surface area contributed by atoms with Crippen molar-refractivity contribution >= 4 is 5.69 Å². The summed E-state index contributed by atoms with van der Waals surface area (Å²) in [5.41, 5.74) is 8.75. The zero-order chi connectivity index (χ0) is 13.7. The number of nitrogens with two attached hydrogens (primary N) is 1. The Hall–Kier alpha value is -2.07. The van der Waals surface area contributed by atoms with E-state index in [9.17, 15) is 0 Å². The third-order valence-corrected chi connectivity index (χ3v) is 3.04. The SMILES string of the molecule is COc1ccc(CN(C)c2ccc(CN)nc2)cc1. The third-order valence-electron chi connectivity index (χ3n) is 3.04. The van der Waals surface area contributed by atoms with E-state index in [1.54, 1.807) is 7.11 Å². The lowest BCUT2D eigenvalue weighted by molar-refractivity contribution is 0.414. The van der Waals surface area contributed by atoms with Gasteiger partial charge in [-0.15, -0.1) is 0 Å². The summed E-state index contributed by atoms with van der Waals surface area (Å²) in [7, 11) is 3.72. The number of hydrogen-bond donors (Lipinski definition) is 1. The van der Waals surface area contributed by atoms with Crippen LogP contribution in [0.2, 0.25) is 0 Å². The molecule has 4 heteroatoms. The molecule has 0 aliphatic carbocycles. The van der Waals surface area contributed by atoms with Gasteiger partial charge in [0.15, 0.2) is 0 Å². The van der Waals surface area contributed by atoms with Gasteiger partial charge in [0, 0.05) is 20.1 Å². The standard InChI is InChI=1S/C15H19N3O/c1-18(14-6-5-13(9-16)17-10-14)11-12-3-7-15(19-2)8-4-12/h3-8,10H,9,11,16H2,1-2H3. The number of pyridine rings is 1. The van der Waals surface area contributed by atoms with Gasteiger partial charge in [-0.25, -0.2) is 0 Å². The third kappa shape index (κ3) is 3.45. The number of aromatic nitrogens is 1. The van der Waals surface area contributed by atoms with Crippen molar-refractivity contribution in [3.05, 3.63) is 53.9 Å². The maximum atomic E-state index is 5.54. The molecule has 1 aromatic carbocycles. The normalized spacial score (nSPS) is 10.3. The van der Waals surface area contributed by atoms with Gasteiger partial charge in [-0.05, 0) is 29.8 Å². The maximum Gasteiger partial charge on any atom is 0.118 e. The highest BCUT2D eigenvalue weighted by Crippen LogP contribution is 2.17. The molecule has 0 aliphatic rings. The molecule has 0 radical (unpaired) electrons. The highest BCUT2D eigenvalue weighted by Gasteiger charge is 2.03. The highest BCUT2D eigenvalue weighted by molar-refractivity contribution is 5.44. The summed E-state index contributed by atoms with van der Waals surface area (Å²) < 4.78 is 5.15. The van der Waals surface area contributed by atoms with Crippen molar-refractivity contribution in [2.75, 3.05) is 19.1 Å². The predicted octanol–water partition coefficient (Wildman–Crippen LogP) is 2.19. The van der Waals surface area contributed by atoms with E-state index < -0.39 is 0 Å². The van der Waals surface area contributed by atoms with Crippen LogP contribution < -0.4 is 15.4 Å². The summed E-state index contributed by atoms with van der Waals surface area (Å²) in [5.74, 6) is 0.875. The fourth-order valence-electron chi connectivity index (χ4n) is 1.86. The fraction of sp³-hybridized carbons (Fsp3) is 0.267. The number of benzene rings is 1. The Labute approximate surface area is 113 Å². The summed E-state index contributed by atoms with van der Waals surface area (Å²) in [4.78, 5) is 6.45. The van der Waals surface area contributed by atoms with E-state index in [1.807, 2.05) is 37.5 Å². The van der Waals surface area contributed by atoms with Gasteiger partial charge in [-0.1, -0.05) is 12.1 Å². The Kier molecular flexibility index (Phi) is 4.36. The van der Waals surface area contributed by atoms with Crippen molar-refractivity contribution in [2.45, 2.75) is 13.1 Å². The van der Waals surface area contributed by atoms with Crippen molar-refractivity contribution in [1.82, 2.24) is 4.98 Å². The van der Waals surface area contributed by atoms with Crippen LogP contribution in [0.1, 0.15) is 11.3 Å². The number of anilines is 1. The van der Waals surface area contributed by atoms with Crippen molar-refractivity contribution in [3.63, 3.8) is 0 Å². The number of methoxy groups -OCH3 is 1. The summed E-state index contributed by atoms with van der Waals surface area (Å²) in [6, 6.07) is 12.1. The van der Waals surface area contributed by atoms with Crippen LogP contribution in [-0.4, -0.2) is 19.1 Å². The van der Waals surface area contributed by atoms with Crippen LogP contribution in [0.5, 0.6) is 5.75 Å². The molecule has 2 rings (SSSR count). The average Bonchev–Trinajstić information content (AvgIpc) is 2.48. The monoisotopic (exact) mass is 257 g/mol. The van der Waals surface area contributed by atoms with E-state index in [-0.39, 0.29) is 0 Å². The van der Waals surface area contributed by atoms with Crippen molar-refractivity contribution in [2.24, 2.45) is 5.73 Å². The molecule has 0 unspecified atom stereocenters. The van der Waals surface area contributed by atoms with Gasteiger partial charge in [0.25, 0.3) is 0 Å². The summed E-state index contributed by atoms with van der Waals surface area (Å²) in [5, 5.41) is 0. The van der Waals surface area contributed by atoms with E-state index >= 15 is 0 Å². The Bertz CT molecular complexity index is 508. The van der Waals surface area contributed by atoms with E-state index in [0.29, 0.717) is 6.54 Å². The van der Waals surface area contributed by atoms with Crippen LogP contribution in [0.25, 0.3) is 0 Å². The van der Waals surface area contributed by atoms with Gasteiger partial charge in [-0.3, -0.25) is 4.98 Å². The molecule has 19 heavy (non-hydrogen) atoms. The molecule has 0 fully saturated rings. The van der Waals surface area contributed by atoms with Crippen molar-refractivity contribution in [3.8, 4) is 5.75 Å². The van der Waals surface area contributed by atoms with Crippen LogP contribution in [0.4, 0.5) is 5.69 Å². The van der Waals surface area contributed by atoms with E-state index in [0.717, 1.165) is 23.7 Å². The van der Waals surface area contributed by atoms with Crippen LogP contribution in [0.3, 0.4) is 0 Å². The second-order valence-corrected chi connectivity index (χ2v) is 4.42. The molecule has 0 aliphatic heterocycles. The summed E-state index contributed by atoms with van der Waals surface area (Å²) >= 11 is 0. The Balaban J connectivity index is 2.04. The lowest BCUT2D eigenvalue weighted by Gasteiger charge is -2.19. The van der Waals surface area contributed by atoms with Gasteiger partial charge in [0.2, 0.25) is 0 Å². The number of hydrogen-bond acceptors (Lipinski definition) is 4. The molecule has 4 nitrogen and oxygen atoms in total. The minimum absolute atomic E-state index is 0.475. The number of rotatable bonds is 5. The predicted molar refractivity (Wildman–Crippen MR) is 77.2 cm³/mol. The van der Waals surface area contributed by atoms with Gasteiger partial charge < -0.3 is 15.4 Å². The molecule has 2 aromatic rings. The zero-order valence-corrected chi connectivity index (χ0v) is 11.3. The van der Waals surface area contributed by atoms with Gasteiger partial charge in [0.05, 0.1) is 24.7 Å². The quantitative estimate of drug-likeness (QED) is 0.892. The Morgan fingerprint density at radius 2 is 1.89 bits per heavy atom. The van der Waals surface area contributed by atoms with Gasteiger partial charge >= 0.3 is 0 Å². The molecule has 0 spiro atoms. The second kappa shape index (κ2) is 6.20. The second-order valence-electron chi connectivity index (χ2n) is 4.42. The molecular weight excluding hydrogens is 238 g/mol. The minimum atomic E-state index is 0.475. The Morgan fingerprint density at radius 1 is 1.16 bits per heavy atom. The van der Waals surface area contributed by atoms with E-state index in [4.69, 9.17) is 10.5 Å². The first-order valence-corrected chi connectivity index (χ1v) is 6.22. The molecule has 1 heterocycles. The van der Waals surface area contributed by atoms with Crippen LogP contribution in [0.15, 0.2) is 42.6 Å². The van der Waals surface area contributed by atoms with Crippen LogP contribution in [0, 0.1) is 0 Å². The molecule has 0 saturated heterocycles. The lowest BCUT2D eigenvalue weighted by atomic mass is 10.2. The van der Waals surface area contributed by atoms with Crippen molar-refractivity contribution < 1.29 is 4.74 Å². The number of nitrogens with zero attached hydrogens (tertiary/aromatic N) is 2. The summed E-state index contributed by atoms with van der Waals surface area (Å²) in [6.07, 6.45) is 1.85. The molecule has 0 atom stereocenters. The molecule has 0 bridgehead atoms. The van der Waals surface area contributed by atoms with Crippen molar-refractivity contribution in [1.29, 1.82) is 0 Å². The van der Waals surface area contributed by atoms with Crippen LogP contribution in [-0.2, 0) is 13.1 Å². The number of ether oxygens (including phenoxy) is 1. The Morgan fingerprint density at radius 3 is 2.42 bits per heavy atom. The van der Waals surface area contributed by atoms with Gasteiger partial charge in [-0.2, -0.15) is 0 Å². The summed E-state index contributed by atoms with van der Waals surface area (Å²) in [6.45, 7) is 1.30. The first kappa shape index (κ1) is 13.4. The largest absolute Gasteiger partial charge is 0.497 e. The van der Waals surface area contributed by atoms with Gasteiger partial charge in [0.1, 0.15) is 5.75 Å². The molecular formula is C15H19N3O. The smallest absolute Gasteiger partial charge is 0.118 e. The molecule has 1 aromatic heterocycles. The molecule has 0 amide bonds. The lowest BCUT2D eigenvalue weighted by Crippen LogP contribution is -2.16. The maximum absolute atomic E-state index is 5.54. The fourth-order valence-corrected chi connectivity index (χ4v) is 1.86. The molecule has 100 valence electrons. The molecule has 2 N–H and O–H groups in total. The zero-order valence-electron chi connectivity index (χ0n) is 11.3. The topological polar surface area (TPSA) is 51.4 Å². The first-order chi connectivity index (χ1) is 9.22. The average molecular weight is 257 g/mol. The highest BCUT2D eigenvalue weighted by atomic mass is 16.5.